The molecule has 18 heavy (non-hydrogen) atoms. The number of hydrogen-bond donors (Lipinski definition) is 1. The Morgan fingerprint density at radius 1 is 1.11 bits per heavy atom. The molecule has 0 radical (unpaired) electrons. The summed E-state index contributed by atoms with van der Waals surface area (Å²) >= 11 is 0. The zero-order chi connectivity index (χ0) is 14.6. The number of carboxylic acids is 1. The van der Waals surface area contributed by atoms with Gasteiger partial charge < -0.3 is 9.84 Å². The molecular weight excluding hydrogens is 253 g/mol. The van der Waals surface area contributed by atoms with Crippen molar-refractivity contribution in [3.05, 3.63) is 0 Å². The summed E-state index contributed by atoms with van der Waals surface area (Å²) in [6.07, 6.45) is 0.0675. The van der Waals surface area contributed by atoms with Crippen LogP contribution in [0.2, 0.25) is 0 Å². The molecule has 0 spiro atoms. The number of rotatable bonds is 6. The van der Waals surface area contributed by atoms with Gasteiger partial charge >= 0.3 is 18.1 Å². The second-order valence-corrected chi connectivity index (χ2v) is 3.42. The SMILES string of the molecule is CCCCCCC(=O)OCC.O=C(O)C(F)(F)F. The van der Waals surface area contributed by atoms with E-state index in [-0.39, 0.29) is 5.97 Å². The van der Waals surface area contributed by atoms with Gasteiger partial charge in [0.1, 0.15) is 0 Å². The van der Waals surface area contributed by atoms with E-state index in [0.717, 1.165) is 12.8 Å². The van der Waals surface area contributed by atoms with Crippen LogP contribution in [0.15, 0.2) is 0 Å². The predicted molar refractivity (Wildman–Crippen MR) is 59.1 cm³/mol. The van der Waals surface area contributed by atoms with E-state index in [1.54, 1.807) is 0 Å². The predicted octanol–water partition coefficient (Wildman–Crippen LogP) is 3.15. The molecule has 0 aliphatic heterocycles. The van der Waals surface area contributed by atoms with Gasteiger partial charge in [-0.05, 0) is 13.3 Å². The number of hydrogen-bond acceptors (Lipinski definition) is 3. The second kappa shape index (κ2) is 10.9. The average molecular weight is 272 g/mol. The van der Waals surface area contributed by atoms with E-state index in [1.165, 1.54) is 12.8 Å². The van der Waals surface area contributed by atoms with Crippen molar-refractivity contribution in [2.75, 3.05) is 6.61 Å². The molecule has 0 aromatic carbocycles. The number of carbonyl (C=O) groups excluding carboxylic acids is 1. The molecule has 0 saturated carbocycles. The fourth-order valence-electron chi connectivity index (χ4n) is 0.929. The molecule has 0 fully saturated rings. The number of carbonyl (C=O) groups is 2. The van der Waals surface area contributed by atoms with Crippen LogP contribution in [0.4, 0.5) is 13.2 Å². The molecule has 0 amide bonds. The standard InChI is InChI=1S/C9H18O2.C2HF3O2/c1-3-5-6-7-8-9(10)11-4-2;3-2(4,5)1(6)7/h3-8H2,1-2H3;(H,6,7). The Bertz CT molecular complexity index is 239. The number of halogens is 3. The van der Waals surface area contributed by atoms with Gasteiger partial charge in [0, 0.05) is 6.42 Å². The lowest BCUT2D eigenvalue weighted by atomic mass is 10.2. The van der Waals surface area contributed by atoms with Gasteiger partial charge in [0.2, 0.25) is 0 Å². The van der Waals surface area contributed by atoms with Crippen molar-refractivity contribution in [3.63, 3.8) is 0 Å². The third-order valence-electron chi connectivity index (χ3n) is 1.78. The molecule has 0 heterocycles. The zero-order valence-electron chi connectivity index (χ0n) is 10.5. The Balaban J connectivity index is 0. The number of aliphatic carboxylic acids is 1. The zero-order valence-corrected chi connectivity index (χ0v) is 10.5. The summed E-state index contributed by atoms with van der Waals surface area (Å²) in [5.74, 6) is -2.81. The molecule has 4 nitrogen and oxygen atoms in total. The largest absolute Gasteiger partial charge is 0.490 e. The highest BCUT2D eigenvalue weighted by Crippen LogP contribution is 2.13. The van der Waals surface area contributed by atoms with Crippen LogP contribution in [0, 0.1) is 0 Å². The van der Waals surface area contributed by atoms with E-state index < -0.39 is 12.1 Å². The van der Waals surface area contributed by atoms with Crippen LogP contribution in [0.25, 0.3) is 0 Å². The molecule has 7 heteroatoms. The molecule has 0 rings (SSSR count). The van der Waals surface area contributed by atoms with Crippen molar-refractivity contribution >= 4 is 11.9 Å². The highest BCUT2D eigenvalue weighted by atomic mass is 19.4. The maximum absolute atomic E-state index is 10.8. The molecule has 1 N–H and O–H groups in total. The van der Waals surface area contributed by atoms with Crippen molar-refractivity contribution < 1.29 is 32.6 Å². The summed E-state index contributed by atoms with van der Waals surface area (Å²) in [5.41, 5.74) is 0. The van der Waals surface area contributed by atoms with Crippen LogP contribution in [0.5, 0.6) is 0 Å². The lowest BCUT2D eigenvalue weighted by Crippen LogP contribution is -2.21. The lowest BCUT2D eigenvalue weighted by molar-refractivity contribution is -0.192. The average Bonchev–Trinajstić information content (AvgIpc) is 2.24. The first-order valence-electron chi connectivity index (χ1n) is 5.71. The van der Waals surface area contributed by atoms with Crippen LogP contribution >= 0.6 is 0 Å². The smallest absolute Gasteiger partial charge is 0.475 e. The number of alkyl halides is 3. The van der Waals surface area contributed by atoms with Crippen LogP contribution < -0.4 is 0 Å². The van der Waals surface area contributed by atoms with Crippen LogP contribution in [0.1, 0.15) is 46.0 Å². The Morgan fingerprint density at radius 2 is 1.61 bits per heavy atom. The first-order chi connectivity index (χ1) is 8.25. The van der Waals surface area contributed by atoms with Crippen molar-refractivity contribution in [1.29, 1.82) is 0 Å². The lowest BCUT2D eigenvalue weighted by Gasteiger charge is -2.00. The highest BCUT2D eigenvalue weighted by molar-refractivity contribution is 5.73. The van der Waals surface area contributed by atoms with Gasteiger partial charge in [-0.1, -0.05) is 26.2 Å². The summed E-state index contributed by atoms with van der Waals surface area (Å²) in [4.78, 5) is 19.7. The van der Waals surface area contributed by atoms with Gasteiger partial charge in [0.15, 0.2) is 0 Å². The first kappa shape index (κ1) is 19.1. The third kappa shape index (κ3) is 14.7. The number of carboxylic acid groups (broad SMARTS) is 1. The first-order valence-corrected chi connectivity index (χ1v) is 5.71. The molecule has 0 atom stereocenters. The van der Waals surface area contributed by atoms with E-state index >= 15 is 0 Å². The Morgan fingerprint density at radius 3 is 1.94 bits per heavy atom. The van der Waals surface area contributed by atoms with Crippen molar-refractivity contribution in [1.82, 2.24) is 0 Å². The van der Waals surface area contributed by atoms with Crippen LogP contribution in [-0.4, -0.2) is 29.8 Å². The van der Waals surface area contributed by atoms with E-state index in [0.29, 0.717) is 13.0 Å². The summed E-state index contributed by atoms with van der Waals surface area (Å²) in [7, 11) is 0. The molecule has 0 aliphatic carbocycles. The molecular formula is C11H19F3O4. The molecule has 108 valence electrons. The van der Waals surface area contributed by atoms with Gasteiger partial charge in [-0.2, -0.15) is 13.2 Å². The van der Waals surface area contributed by atoms with Crippen LogP contribution in [0.3, 0.4) is 0 Å². The number of ether oxygens (including phenoxy) is 1. The van der Waals surface area contributed by atoms with Gasteiger partial charge in [0.05, 0.1) is 6.61 Å². The fraction of sp³-hybridized carbons (Fsp3) is 0.818. The topological polar surface area (TPSA) is 63.6 Å². The summed E-state index contributed by atoms with van der Waals surface area (Å²) < 4.78 is 36.5. The summed E-state index contributed by atoms with van der Waals surface area (Å²) in [6, 6.07) is 0. The van der Waals surface area contributed by atoms with E-state index in [9.17, 15) is 18.0 Å². The van der Waals surface area contributed by atoms with E-state index in [1.807, 2.05) is 6.92 Å². The molecule has 0 aliphatic rings. The van der Waals surface area contributed by atoms with Gasteiger partial charge in [-0.25, -0.2) is 4.79 Å². The van der Waals surface area contributed by atoms with Crippen LogP contribution in [-0.2, 0) is 14.3 Å². The molecule has 0 saturated heterocycles. The maximum Gasteiger partial charge on any atom is 0.490 e. The minimum absolute atomic E-state index is 0.0522. The van der Waals surface area contributed by atoms with Crippen molar-refractivity contribution in [2.24, 2.45) is 0 Å². The molecule has 0 unspecified atom stereocenters. The second-order valence-electron chi connectivity index (χ2n) is 3.42. The van der Waals surface area contributed by atoms with Gasteiger partial charge in [-0.3, -0.25) is 4.79 Å². The molecule has 0 aromatic rings. The van der Waals surface area contributed by atoms with Crippen molar-refractivity contribution in [3.8, 4) is 0 Å². The van der Waals surface area contributed by atoms with E-state index in [2.05, 4.69) is 6.92 Å². The summed E-state index contributed by atoms with van der Waals surface area (Å²) in [5, 5.41) is 7.12. The molecule has 0 aromatic heterocycles. The van der Waals surface area contributed by atoms with Crippen molar-refractivity contribution in [2.45, 2.75) is 52.1 Å². The normalized spacial score (nSPS) is 10.3. The fourth-order valence-corrected chi connectivity index (χ4v) is 0.929. The Kier molecular flexibility index (Phi) is 11.5. The highest BCUT2D eigenvalue weighted by Gasteiger charge is 2.38. The van der Waals surface area contributed by atoms with Gasteiger partial charge in [0.25, 0.3) is 0 Å². The number of esters is 1. The maximum atomic E-state index is 10.8. The van der Waals surface area contributed by atoms with Gasteiger partial charge in [-0.15, -0.1) is 0 Å². The number of unbranched alkanes of at least 4 members (excludes halogenated alkanes) is 3. The monoisotopic (exact) mass is 272 g/mol. The minimum atomic E-state index is -5.08. The minimum Gasteiger partial charge on any atom is -0.475 e. The Labute approximate surface area is 104 Å². The quantitative estimate of drug-likeness (QED) is 0.596. The van der Waals surface area contributed by atoms with E-state index in [4.69, 9.17) is 14.6 Å². The Hall–Kier alpha value is -1.27. The molecule has 0 bridgehead atoms. The third-order valence-corrected chi connectivity index (χ3v) is 1.78. The summed E-state index contributed by atoms with van der Waals surface area (Å²) in [6.45, 7) is 4.50.